The highest BCUT2D eigenvalue weighted by Crippen LogP contribution is 2.19. The second kappa shape index (κ2) is 7.42. The zero-order chi connectivity index (χ0) is 17.8. The van der Waals surface area contributed by atoms with Crippen molar-refractivity contribution in [1.82, 2.24) is 15.0 Å². The fraction of sp³-hybridized carbons (Fsp3) is 0.389. The lowest BCUT2D eigenvalue weighted by Crippen LogP contribution is -2.41. The van der Waals surface area contributed by atoms with Gasteiger partial charge in [0.05, 0.1) is 10.6 Å². The van der Waals surface area contributed by atoms with Crippen molar-refractivity contribution in [2.75, 3.05) is 0 Å². The maximum Gasteiger partial charge on any atom is 0.241 e. The quantitative estimate of drug-likeness (QED) is 0.843. The van der Waals surface area contributed by atoms with Crippen LogP contribution in [-0.4, -0.2) is 18.9 Å². The van der Waals surface area contributed by atoms with E-state index in [0.717, 1.165) is 11.3 Å². The van der Waals surface area contributed by atoms with Gasteiger partial charge in [-0.05, 0) is 51.5 Å². The molecule has 2 aromatic rings. The molecule has 0 unspecified atom stereocenters. The molecule has 1 atom stereocenters. The van der Waals surface area contributed by atoms with Crippen LogP contribution in [0.2, 0.25) is 0 Å². The van der Waals surface area contributed by atoms with E-state index in [1.165, 1.54) is 0 Å². The Hall–Kier alpha value is -1.76. The van der Waals surface area contributed by atoms with Gasteiger partial charge in [0.15, 0.2) is 0 Å². The summed E-state index contributed by atoms with van der Waals surface area (Å²) >= 11 is 0. The zero-order valence-electron chi connectivity index (χ0n) is 14.6. The Bertz CT molecular complexity index is 768. The summed E-state index contributed by atoms with van der Waals surface area (Å²) in [6.07, 6.45) is 1.75. The Morgan fingerprint density at radius 3 is 2.38 bits per heavy atom. The minimum atomic E-state index is -3.57. The molecule has 0 spiro atoms. The predicted molar refractivity (Wildman–Crippen MR) is 96.0 cm³/mol. The third-order valence-electron chi connectivity index (χ3n) is 3.43. The molecule has 0 saturated carbocycles. The lowest BCUT2D eigenvalue weighted by atomic mass is 10.1. The molecule has 0 fully saturated rings. The summed E-state index contributed by atoms with van der Waals surface area (Å²) < 4.78 is 28.0. The van der Waals surface area contributed by atoms with Gasteiger partial charge >= 0.3 is 0 Å². The van der Waals surface area contributed by atoms with Crippen molar-refractivity contribution in [2.45, 2.75) is 50.7 Å². The number of benzene rings is 1. The standard InChI is InChI=1S/C18H25N3O2S/c1-14(16-10-7-8-12-19-16)20-13-15-9-5-6-11-17(15)24(22,23)21-18(2,3)4/h5-12,14,20-21H,13H2,1-4H3/t14-/m0/s1. The van der Waals surface area contributed by atoms with Crippen LogP contribution in [0.4, 0.5) is 0 Å². The molecule has 1 aromatic carbocycles. The molecule has 0 radical (unpaired) electrons. The number of nitrogens with one attached hydrogen (secondary N) is 2. The van der Waals surface area contributed by atoms with E-state index in [2.05, 4.69) is 15.0 Å². The third-order valence-corrected chi connectivity index (χ3v) is 5.29. The van der Waals surface area contributed by atoms with Crippen LogP contribution < -0.4 is 10.0 Å². The second-order valence-electron chi connectivity index (χ2n) is 6.82. The van der Waals surface area contributed by atoms with Gasteiger partial charge in [0.25, 0.3) is 0 Å². The summed E-state index contributed by atoms with van der Waals surface area (Å²) in [4.78, 5) is 4.62. The summed E-state index contributed by atoms with van der Waals surface area (Å²) in [5, 5.41) is 3.34. The molecule has 5 nitrogen and oxygen atoms in total. The van der Waals surface area contributed by atoms with Gasteiger partial charge in [-0.25, -0.2) is 13.1 Å². The molecule has 0 aliphatic heterocycles. The van der Waals surface area contributed by atoms with E-state index in [-0.39, 0.29) is 6.04 Å². The van der Waals surface area contributed by atoms with Gasteiger partial charge in [0.1, 0.15) is 0 Å². The van der Waals surface area contributed by atoms with Crippen molar-refractivity contribution in [3.8, 4) is 0 Å². The van der Waals surface area contributed by atoms with Gasteiger partial charge in [0, 0.05) is 24.3 Å². The highest BCUT2D eigenvalue weighted by molar-refractivity contribution is 7.89. The topological polar surface area (TPSA) is 71.1 Å². The van der Waals surface area contributed by atoms with Crippen LogP contribution in [0.15, 0.2) is 53.6 Å². The number of pyridine rings is 1. The zero-order valence-corrected chi connectivity index (χ0v) is 15.4. The monoisotopic (exact) mass is 347 g/mol. The van der Waals surface area contributed by atoms with Crippen molar-refractivity contribution in [2.24, 2.45) is 0 Å². The highest BCUT2D eigenvalue weighted by Gasteiger charge is 2.24. The van der Waals surface area contributed by atoms with E-state index in [9.17, 15) is 8.42 Å². The van der Waals surface area contributed by atoms with Gasteiger partial charge in [-0.3, -0.25) is 4.98 Å². The Kier molecular flexibility index (Phi) is 5.74. The van der Waals surface area contributed by atoms with Gasteiger partial charge in [-0.2, -0.15) is 0 Å². The molecule has 0 aliphatic rings. The maximum absolute atomic E-state index is 12.6. The molecule has 0 saturated heterocycles. The van der Waals surface area contributed by atoms with Crippen molar-refractivity contribution in [1.29, 1.82) is 0 Å². The average Bonchev–Trinajstić information content (AvgIpc) is 2.51. The highest BCUT2D eigenvalue weighted by atomic mass is 32.2. The molecule has 0 aliphatic carbocycles. The fourth-order valence-corrected chi connectivity index (χ4v) is 4.03. The number of rotatable bonds is 6. The van der Waals surface area contributed by atoms with Crippen molar-refractivity contribution in [3.63, 3.8) is 0 Å². The van der Waals surface area contributed by atoms with Gasteiger partial charge in [0.2, 0.25) is 10.0 Å². The van der Waals surface area contributed by atoms with Gasteiger partial charge in [-0.15, -0.1) is 0 Å². The number of hydrogen-bond donors (Lipinski definition) is 2. The SMILES string of the molecule is C[C@H](NCc1ccccc1S(=O)(=O)NC(C)(C)C)c1ccccn1. The normalized spacial score (nSPS) is 13.7. The Labute approximate surface area is 144 Å². The first-order valence-corrected chi connectivity index (χ1v) is 9.43. The molecule has 6 heteroatoms. The predicted octanol–water partition coefficient (Wildman–Crippen LogP) is 3.01. The molecule has 0 bridgehead atoms. The Morgan fingerprint density at radius 2 is 1.75 bits per heavy atom. The van der Waals surface area contributed by atoms with Crippen LogP contribution in [-0.2, 0) is 16.6 Å². The maximum atomic E-state index is 12.6. The average molecular weight is 347 g/mol. The molecule has 24 heavy (non-hydrogen) atoms. The molecule has 1 aromatic heterocycles. The van der Waals surface area contributed by atoms with Crippen LogP contribution in [0.3, 0.4) is 0 Å². The minimum Gasteiger partial charge on any atom is -0.305 e. The van der Waals surface area contributed by atoms with Crippen LogP contribution in [0.5, 0.6) is 0 Å². The lowest BCUT2D eigenvalue weighted by Gasteiger charge is -2.22. The molecule has 0 amide bonds. The first-order chi connectivity index (χ1) is 11.2. The Morgan fingerprint density at radius 1 is 1.08 bits per heavy atom. The third kappa shape index (κ3) is 5.12. The van der Waals surface area contributed by atoms with Gasteiger partial charge in [-0.1, -0.05) is 24.3 Å². The van der Waals surface area contributed by atoms with Crippen molar-refractivity contribution in [3.05, 3.63) is 59.9 Å². The van der Waals surface area contributed by atoms with Crippen LogP contribution in [0, 0.1) is 0 Å². The summed E-state index contributed by atoms with van der Waals surface area (Å²) in [5.74, 6) is 0. The van der Waals surface area contributed by atoms with E-state index < -0.39 is 15.6 Å². The van der Waals surface area contributed by atoms with Crippen LogP contribution in [0.1, 0.15) is 45.0 Å². The molecular weight excluding hydrogens is 322 g/mol. The summed E-state index contributed by atoms with van der Waals surface area (Å²) in [6, 6.07) is 12.8. The largest absolute Gasteiger partial charge is 0.305 e. The molecular formula is C18H25N3O2S. The fourth-order valence-electron chi connectivity index (χ4n) is 2.37. The smallest absolute Gasteiger partial charge is 0.241 e. The molecule has 1 heterocycles. The number of aromatic nitrogens is 1. The number of hydrogen-bond acceptors (Lipinski definition) is 4. The van der Waals surface area contributed by atoms with Gasteiger partial charge < -0.3 is 5.32 Å². The number of nitrogens with zero attached hydrogens (tertiary/aromatic N) is 1. The van der Waals surface area contributed by atoms with E-state index in [4.69, 9.17) is 0 Å². The van der Waals surface area contributed by atoms with Crippen molar-refractivity contribution >= 4 is 10.0 Å². The molecule has 130 valence electrons. The van der Waals surface area contributed by atoms with E-state index in [1.807, 2.05) is 58.0 Å². The van der Waals surface area contributed by atoms with E-state index in [0.29, 0.717) is 11.4 Å². The van der Waals surface area contributed by atoms with E-state index in [1.54, 1.807) is 18.3 Å². The van der Waals surface area contributed by atoms with Crippen LogP contribution in [0.25, 0.3) is 0 Å². The van der Waals surface area contributed by atoms with Crippen LogP contribution >= 0.6 is 0 Å². The molecule has 2 N–H and O–H groups in total. The second-order valence-corrected chi connectivity index (χ2v) is 8.47. The first kappa shape index (κ1) is 18.6. The lowest BCUT2D eigenvalue weighted by molar-refractivity contribution is 0.490. The first-order valence-electron chi connectivity index (χ1n) is 7.95. The Balaban J connectivity index is 2.18. The number of sulfonamides is 1. The van der Waals surface area contributed by atoms with Crippen molar-refractivity contribution < 1.29 is 8.42 Å². The summed E-state index contributed by atoms with van der Waals surface area (Å²) in [5.41, 5.74) is 1.13. The minimum absolute atomic E-state index is 0.0255. The summed E-state index contributed by atoms with van der Waals surface area (Å²) in [6.45, 7) is 7.93. The molecule has 2 rings (SSSR count). The van der Waals surface area contributed by atoms with E-state index >= 15 is 0 Å². The summed E-state index contributed by atoms with van der Waals surface area (Å²) in [7, 11) is -3.57.